The second kappa shape index (κ2) is 9.40. The summed E-state index contributed by atoms with van der Waals surface area (Å²) in [5.41, 5.74) is 2.49. The first kappa shape index (κ1) is 19.5. The molecule has 0 fully saturated rings. The van der Waals surface area contributed by atoms with Crippen molar-refractivity contribution in [1.82, 2.24) is 5.32 Å². The van der Waals surface area contributed by atoms with Gasteiger partial charge in [-0.25, -0.2) is 0 Å². The smallest absolute Gasteiger partial charge is 0.116 e. The summed E-state index contributed by atoms with van der Waals surface area (Å²) in [6.45, 7) is 19.6. The van der Waals surface area contributed by atoms with Crippen molar-refractivity contribution in [2.24, 2.45) is 11.8 Å². The Morgan fingerprint density at radius 3 is 2.20 bits per heavy atom. The molecule has 0 aromatic carbocycles. The van der Waals surface area contributed by atoms with Crippen LogP contribution in [0.15, 0.2) is 23.4 Å². The minimum atomic E-state index is -0.981. The fourth-order valence-corrected chi connectivity index (χ4v) is 2.29. The Hall–Kier alpha value is -0.543. The van der Waals surface area contributed by atoms with E-state index in [9.17, 15) is 0 Å². The number of allylic oxidation sites excluding steroid dienone is 3. The fourth-order valence-electron chi connectivity index (χ4n) is 1.53. The van der Waals surface area contributed by atoms with Crippen molar-refractivity contribution in [3.63, 3.8) is 0 Å². The summed E-state index contributed by atoms with van der Waals surface area (Å²) in [5, 5.41) is 3.40. The zero-order valence-corrected chi connectivity index (χ0v) is 15.8. The van der Waals surface area contributed by atoms with Gasteiger partial charge in [-0.2, -0.15) is 0 Å². The van der Waals surface area contributed by atoms with Crippen molar-refractivity contribution >= 4 is 8.07 Å². The normalized spacial score (nSPS) is 14.3. The molecule has 3 heteroatoms. The van der Waals surface area contributed by atoms with Crippen LogP contribution in [0, 0.1) is 11.8 Å². The first-order valence-electron chi connectivity index (χ1n) is 7.80. The molecule has 1 N–H and O–H groups in total. The molecule has 0 saturated carbocycles. The van der Waals surface area contributed by atoms with Gasteiger partial charge in [-0.3, -0.25) is 0 Å². The molecule has 0 aliphatic heterocycles. The summed E-state index contributed by atoms with van der Waals surface area (Å²) < 4.78 is 5.72. The Morgan fingerprint density at radius 1 is 1.15 bits per heavy atom. The summed E-state index contributed by atoms with van der Waals surface area (Å²) in [6.07, 6.45) is 4.50. The van der Waals surface area contributed by atoms with E-state index in [0.717, 1.165) is 6.61 Å². The quantitative estimate of drug-likeness (QED) is 0.279. The summed E-state index contributed by atoms with van der Waals surface area (Å²) in [5.74, 6) is 1.22. The van der Waals surface area contributed by atoms with Crippen LogP contribution in [0.1, 0.15) is 34.6 Å². The van der Waals surface area contributed by atoms with Gasteiger partial charge in [0.05, 0.1) is 0 Å². The van der Waals surface area contributed by atoms with Crippen LogP contribution in [-0.2, 0) is 4.74 Å². The number of ether oxygens (including phenoxy) is 1. The van der Waals surface area contributed by atoms with Crippen molar-refractivity contribution in [2.75, 3.05) is 13.3 Å². The van der Waals surface area contributed by atoms with Crippen LogP contribution in [0.5, 0.6) is 0 Å². The van der Waals surface area contributed by atoms with Gasteiger partial charge in [0.1, 0.15) is 6.73 Å². The predicted octanol–water partition coefficient (Wildman–Crippen LogP) is 5.03. The zero-order chi connectivity index (χ0) is 15.8. The molecule has 0 radical (unpaired) electrons. The van der Waals surface area contributed by atoms with Gasteiger partial charge < -0.3 is 10.1 Å². The van der Waals surface area contributed by atoms with Crippen molar-refractivity contribution in [1.29, 1.82) is 0 Å². The highest BCUT2D eigenvalue weighted by Crippen LogP contribution is 2.14. The third-order valence-corrected chi connectivity index (χ3v) is 5.02. The lowest BCUT2D eigenvalue weighted by Gasteiger charge is -2.17. The van der Waals surface area contributed by atoms with Gasteiger partial charge in [-0.15, -0.1) is 0 Å². The lowest BCUT2D eigenvalue weighted by Crippen LogP contribution is -2.24. The van der Waals surface area contributed by atoms with E-state index < -0.39 is 8.07 Å². The molecule has 0 aliphatic carbocycles. The van der Waals surface area contributed by atoms with Gasteiger partial charge in [0.2, 0.25) is 0 Å². The van der Waals surface area contributed by atoms with E-state index >= 15 is 0 Å². The third kappa shape index (κ3) is 11.3. The van der Waals surface area contributed by atoms with Crippen LogP contribution in [0.25, 0.3) is 0 Å². The van der Waals surface area contributed by atoms with Gasteiger partial charge in [0.15, 0.2) is 0 Å². The van der Waals surface area contributed by atoms with Crippen LogP contribution in [0.3, 0.4) is 0 Å². The summed E-state index contributed by atoms with van der Waals surface area (Å²) in [7, 11) is -0.981. The van der Waals surface area contributed by atoms with E-state index in [2.05, 4.69) is 71.7 Å². The number of hydrogen-bond donors (Lipinski definition) is 1. The molecule has 0 amide bonds. The minimum Gasteiger partial charge on any atom is -0.363 e. The molecule has 0 heterocycles. The fraction of sp³-hybridized carbons (Fsp3) is 0.765. The van der Waals surface area contributed by atoms with Crippen LogP contribution in [-0.4, -0.2) is 21.4 Å². The molecule has 0 aliphatic rings. The maximum atomic E-state index is 5.72. The highest BCUT2D eigenvalue weighted by atomic mass is 28.3. The largest absolute Gasteiger partial charge is 0.363 e. The molecular formula is C17H35NOSi. The van der Waals surface area contributed by atoms with Crippen LogP contribution < -0.4 is 5.32 Å². The van der Waals surface area contributed by atoms with Crippen molar-refractivity contribution < 1.29 is 4.74 Å². The lowest BCUT2D eigenvalue weighted by molar-refractivity contribution is 0.135. The standard InChI is InChI=1S/C17H35NOSi/c1-14(2)11-17(12-16(5)15(3)4)18-13-19-9-10-20(6,7)8/h11-12,15-16,18H,9-10,13H2,1-8H3/b17-12-. The van der Waals surface area contributed by atoms with E-state index in [-0.39, 0.29) is 0 Å². The average Bonchev–Trinajstić information content (AvgIpc) is 2.25. The molecule has 0 aromatic rings. The molecule has 20 heavy (non-hydrogen) atoms. The second-order valence-corrected chi connectivity index (χ2v) is 13.1. The molecule has 0 bridgehead atoms. The van der Waals surface area contributed by atoms with Crippen LogP contribution >= 0.6 is 0 Å². The number of hydrogen-bond acceptors (Lipinski definition) is 2. The van der Waals surface area contributed by atoms with Gasteiger partial charge in [0, 0.05) is 20.4 Å². The SMILES string of the molecule is CC(C)=C/C(=C/C(C)C(C)C)NCOCC[Si](C)(C)C. The molecule has 2 nitrogen and oxygen atoms in total. The Labute approximate surface area is 127 Å². The maximum absolute atomic E-state index is 5.72. The van der Waals surface area contributed by atoms with Gasteiger partial charge in [-0.1, -0.05) is 52.1 Å². The van der Waals surface area contributed by atoms with Crippen molar-refractivity contribution in [2.45, 2.75) is 60.3 Å². The van der Waals surface area contributed by atoms with Gasteiger partial charge >= 0.3 is 0 Å². The summed E-state index contributed by atoms with van der Waals surface area (Å²) in [4.78, 5) is 0. The minimum absolute atomic E-state index is 0.565. The Bertz CT molecular complexity index is 322. The first-order chi connectivity index (χ1) is 9.11. The molecule has 1 atom stereocenters. The number of nitrogens with one attached hydrogen (secondary N) is 1. The Kier molecular flexibility index (Phi) is 9.15. The molecule has 0 rings (SSSR count). The zero-order valence-electron chi connectivity index (χ0n) is 14.8. The molecule has 118 valence electrons. The monoisotopic (exact) mass is 297 g/mol. The van der Waals surface area contributed by atoms with Gasteiger partial charge in [-0.05, 0) is 37.8 Å². The molecule has 0 aromatic heterocycles. The Morgan fingerprint density at radius 2 is 1.75 bits per heavy atom. The Balaban J connectivity index is 4.29. The topological polar surface area (TPSA) is 21.3 Å². The highest BCUT2D eigenvalue weighted by Gasteiger charge is 2.11. The predicted molar refractivity (Wildman–Crippen MR) is 93.6 cm³/mol. The third-order valence-electron chi connectivity index (χ3n) is 3.31. The lowest BCUT2D eigenvalue weighted by atomic mass is 9.97. The average molecular weight is 298 g/mol. The van der Waals surface area contributed by atoms with E-state index in [4.69, 9.17) is 4.74 Å². The first-order valence-corrected chi connectivity index (χ1v) is 11.5. The summed E-state index contributed by atoms with van der Waals surface area (Å²) in [6, 6.07) is 1.22. The van der Waals surface area contributed by atoms with E-state index in [1.807, 2.05) is 0 Å². The second-order valence-electron chi connectivity index (χ2n) is 7.49. The molecular weight excluding hydrogens is 262 g/mol. The molecule has 1 unspecified atom stereocenters. The highest BCUT2D eigenvalue weighted by molar-refractivity contribution is 6.76. The van der Waals surface area contributed by atoms with Crippen LogP contribution in [0.2, 0.25) is 25.7 Å². The van der Waals surface area contributed by atoms with E-state index in [0.29, 0.717) is 18.6 Å². The van der Waals surface area contributed by atoms with Crippen molar-refractivity contribution in [3.05, 3.63) is 23.4 Å². The van der Waals surface area contributed by atoms with Crippen molar-refractivity contribution in [3.8, 4) is 0 Å². The molecule has 0 saturated heterocycles. The van der Waals surface area contributed by atoms with Crippen LogP contribution in [0.4, 0.5) is 0 Å². The van der Waals surface area contributed by atoms with E-state index in [1.165, 1.54) is 17.3 Å². The number of rotatable bonds is 9. The van der Waals surface area contributed by atoms with Gasteiger partial charge in [0.25, 0.3) is 0 Å². The maximum Gasteiger partial charge on any atom is 0.116 e. The van der Waals surface area contributed by atoms with E-state index in [1.54, 1.807) is 0 Å². The summed E-state index contributed by atoms with van der Waals surface area (Å²) >= 11 is 0. The molecule has 0 spiro atoms.